The van der Waals surface area contributed by atoms with Crippen molar-refractivity contribution < 1.29 is 9.53 Å². The van der Waals surface area contributed by atoms with Crippen LogP contribution in [0.5, 0.6) is 0 Å². The molecule has 1 N–H and O–H groups in total. The maximum Gasteiger partial charge on any atom is 0.251 e. The van der Waals surface area contributed by atoms with Gasteiger partial charge >= 0.3 is 0 Å². The number of ether oxygens (including phenoxy) is 1. The number of rotatable bonds is 7. The molecule has 23 heavy (non-hydrogen) atoms. The van der Waals surface area contributed by atoms with E-state index in [9.17, 15) is 4.79 Å². The first-order chi connectivity index (χ1) is 11.1. The largest absolute Gasteiger partial charge is 0.383 e. The fourth-order valence-electron chi connectivity index (χ4n) is 3.60. The second-order valence-corrected chi connectivity index (χ2v) is 6.76. The minimum atomic E-state index is 0.00103. The Morgan fingerprint density at radius 1 is 1.39 bits per heavy atom. The van der Waals surface area contributed by atoms with Crippen molar-refractivity contribution in [3.05, 3.63) is 35.4 Å². The lowest BCUT2D eigenvalue weighted by atomic mass is 9.84. The maximum atomic E-state index is 12.2. The van der Waals surface area contributed by atoms with Crippen molar-refractivity contribution in [3.8, 4) is 0 Å². The lowest BCUT2D eigenvalue weighted by Gasteiger charge is -2.31. The van der Waals surface area contributed by atoms with Gasteiger partial charge in [-0.3, -0.25) is 9.69 Å². The van der Waals surface area contributed by atoms with Gasteiger partial charge in [0.1, 0.15) is 0 Å². The summed E-state index contributed by atoms with van der Waals surface area (Å²) >= 11 is 0. The first-order valence-electron chi connectivity index (χ1n) is 8.62. The third-order valence-electron chi connectivity index (χ3n) is 4.93. The average Bonchev–Trinajstić information content (AvgIpc) is 2.99. The number of amides is 1. The molecule has 1 aromatic rings. The predicted molar refractivity (Wildman–Crippen MR) is 93.9 cm³/mol. The first kappa shape index (κ1) is 18.0. The van der Waals surface area contributed by atoms with Gasteiger partial charge in [-0.2, -0.15) is 0 Å². The Labute approximate surface area is 140 Å². The fraction of sp³-hybridized carbons (Fsp3) is 0.632. The number of carbonyl (C=O) groups is 1. The summed E-state index contributed by atoms with van der Waals surface area (Å²) < 4.78 is 5.38. The minimum absolute atomic E-state index is 0.00103. The zero-order chi connectivity index (χ0) is 16.8. The van der Waals surface area contributed by atoms with E-state index in [0.29, 0.717) is 17.9 Å². The Bertz CT molecular complexity index is 516. The van der Waals surface area contributed by atoms with E-state index in [2.05, 4.69) is 30.1 Å². The number of benzene rings is 1. The first-order valence-corrected chi connectivity index (χ1v) is 8.62. The van der Waals surface area contributed by atoms with Crippen LogP contribution >= 0.6 is 0 Å². The lowest BCUT2D eigenvalue weighted by molar-refractivity contribution is 0.0957. The molecule has 1 heterocycles. The van der Waals surface area contributed by atoms with E-state index in [1.165, 1.54) is 12.8 Å². The number of hydrogen-bond acceptors (Lipinski definition) is 3. The van der Waals surface area contributed by atoms with E-state index in [4.69, 9.17) is 4.74 Å². The minimum Gasteiger partial charge on any atom is -0.383 e. The average molecular weight is 318 g/mol. The topological polar surface area (TPSA) is 41.6 Å². The molecule has 1 saturated heterocycles. The van der Waals surface area contributed by atoms with Crippen LogP contribution in [0.2, 0.25) is 0 Å². The quantitative estimate of drug-likeness (QED) is 0.840. The Balaban J connectivity index is 2.24. The monoisotopic (exact) mass is 318 g/mol. The van der Waals surface area contributed by atoms with Crippen molar-refractivity contribution >= 4 is 5.91 Å². The van der Waals surface area contributed by atoms with Crippen molar-refractivity contribution in [3.63, 3.8) is 0 Å². The Morgan fingerprint density at radius 2 is 2.13 bits per heavy atom. The van der Waals surface area contributed by atoms with Gasteiger partial charge in [-0.05, 0) is 42.9 Å². The third-order valence-corrected chi connectivity index (χ3v) is 4.93. The summed E-state index contributed by atoms with van der Waals surface area (Å²) in [6.45, 7) is 7.39. The molecular weight excluding hydrogens is 288 g/mol. The fourth-order valence-corrected chi connectivity index (χ4v) is 3.60. The number of hydrogen-bond donors (Lipinski definition) is 1. The van der Waals surface area contributed by atoms with Crippen molar-refractivity contribution in [1.82, 2.24) is 10.2 Å². The van der Waals surface area contributed by atoms with E-state index >= 15 is 0 Å². The number of nitrogens with one attached hydrogen (secondary N) is 1. The van der Waals surface area contributed by atoms with E-state index in [-0.39, 0.29) is 5.91 Å². The van der Waals surface area contributed by atoms with Crippen LogP contribution < -0.4 is 5.32 Å². The highest BCUT2D eigenvalue weighted by molar-refractivity contribution is 5.95. The summed E-state index contributed by atoms with van der Waals surface area (Å²) in [5, 5.41) is 2.77. The van der Waals surface area contributed by atoms with Crippen LogP contribution in [0.1, 0.15) is 48.5 Å². The number of nitrogens with zero attached hydrogens (tertiary/aromatic N) is 1. The van der Waals surface area contributed by atoms with Crippen LogP contribution in [0.25, 0.3) is 0 Å². The van der Waals surface area contributed by atoms with Gasteiger partial charge < -0.3 is 10.1 Å². The van der Waals surface area contributed by atoms with Crippen molar-refractivity contribution in [2.45, 2.75) is 38.6 Å². The Morgan fingerprint density at radius 3 is 2.78 bits per heavy atom. The van der Waals surface area contributed by atoms with E-state index in [1.54, 1.807) is 14.2 Å². The van der Waals surface area contributed by atoms with E-state index < -0.39 is 0 Å². The smallest absolute Gasteiger partial charge is 0.251 e. The molecule has 0 aromatic heterocycles. The molecule has 0 saturated carbocycles. The van der Waals surface area contributed by atoms with Gasteiger partial charge in [-0.15, -0.1) is 0 Å². The standard InChI is InChI=1S/C19H30N2O2/c1-14(2)18(12-21-11-7-8-15(21)13-23-4)16-9-5-6-10-17(16)19(22)20-3/h5-6,9-10,14-15,18H,7-8,11-13H2,1-4H3,(H,20,22)/t15-,18-/m0/s1. The molecule has 1 aromatic carbocycles. The van der Waals surface area contributed by atoms with Gasteiger partial charge in [0.05, 0.1) is 6.61 Å². The van der Waals surface area contributed by atoms with Gasteiger partial charge in [-0.25, -0.2) is 0 Å². The summed E-state index contributed by atoms with van der Waals surface area (Å²) in [4.78, 5) is 14.8. The summed E-state index contributed by atoms with van der Waals surface area (Å²) in [7, 11) is 3.47. The van der Waals surface area contributed by atoms with E-state index in [1.807, 2.05) is 18.2 Å². The van der Waals surface area contributed by atoms with Crippen molar-refractivity contribution in [2.75, 3.05) is 33.9 Å². The molecule has 1 amide bonds. The van der Waals surface area contributed by atoms with Crippen LogP contribution in [-0.2, 0) is 4.74 Å². The van der Waals surface area contributed by atoms with Crippen LogP contribution in [0, 0.1) is 5.92 Å². The lowest BCUT2D eigenvalue weighted by Crippen LogP contribution is -2.37. The molecule has 2 rings (SSSR count). The molecule has 2 atom stereocenters. The molecule has 1 aliphatic heterocycles. The van der Waals surface area contributed by atoms with Gasteiger partial charge in [0.15, 0.2) is 0 Å². The molecule has 1 aliphatic rings. The highest BCUT2D eigenvalue weighted by Gasteiger charge is 2.30. The van der Waals surface area contributed by atoms with Crippen molar-refractivity contribution in [2.24, 2.45) is 5.92 Å². The highest BCUT2D eigenvalue weighted by atomic mass is 16.5. The Kier molecular flexibility index (Phi) is 6.60. The second kappa shape index (κ2) is 8.46. The molecule has 0 aliphatic carbocycles. The van der Waals surface area contributed by atoms with Gasteiger partial charge in [0.25, 0.3) is 5.91 Å². The molecule has 0 radical (unpaired) electrons. The van der Waals surface area contributed by atoms with Gasteiger partial charge in [0, 0.05) is 32.3 Å². The zero-order valence-electron chi connectivity index (χ0n) is 14.8. The van der Waals surface area contributed by atoms with Gasteiger partial charge in [0.2, 0.25) is 0 Å². The number of likely N-dealkylation sites (tertiary alicyclic amines) is 1. The summed E-state index contributed by atoms with van der Waals surface area (Å²) in [6, 6.07) is 8.52. The summed E-state index contributed by atoms with van der Waals surface area (Å²) in [6.07, 6.45) is 2.44. The summed E-state index contributed by atoms with van der Waals surface area (Å²) in [5.41, 5.74) is 1.96. The molecule has 4 nitrogen and oxygen atoms in total. The molecule has 0 unspecified atom stereocenters. The van der Waals surface area contributed by atoms with Crippen LogP contribution in [0.4, 0.5) is 0 Å². The van der Waals surface area contributed by atoms with E-state index in [0.717, 1.165) is 30.8 Å². The molecule has 4 heteroatoms. The molecular formula is C19H30N2O2. The van der Waals surface area contributed by atoms with Crippen LogP contribution in [-0.4, -0.2) is 50.7 Å². The Hall–Kier alpha value is -1.39. The molecule has 1 fully saturated rings. The zero-order valence-corrected chi connectivity index (χ0v) is 14.8. The summed E-state index contributed by atoms with van der Waals surface area (Å²) in [5.74, 6) is 0.826. The molecule has 0 spiro atoms. The molecule has 0 bridgehead atoms. The SMILES string of the molecule is CNC(=O)c1ccccc1[C@@H](CN1CCC[C@H]1COC)C(C)C. The predicted octanol–water partition coefficient (Wildman–Crippen LogP) is 2.90. The van der Waals surface area contributed by atoms with Crippen LogP contribution in [0.3, 0.4) is 0 Å². The van der Waals surface area contributed by atoms with Crippen molar-refractivity contribution in [1.29, 1.82) is 0 Å². The maximum absolute atomic E-state index is 12.2. The molecule has 128 valence electrons. The third kappa shape index (κ3) is 4.33. The number of carbonyl (C=O) groups excluding carboxylic acids is 1. The van der Waals surface area contributed by atoms with Crippen LogP contribution in [0.15, 0.2) is 24.3 Å². The highest BCUT2D eigenvalue weighted by Crippen LogP contribution is 2.31. The second-order valence-electron chi connectivity index (χ2n) is 6.76. The van der Waals surface area contributed by atoms with Gasteiger partial charge in [-0.1, -0.05) is 32.0 Å². The normalized spacial score (nSPS) is 20.0. The number of methoxy groups -OCH3 is 1.